The van der Waals surface area contributed by atoms with E-state index in [0.29, 0.717) is 26.0 Å². The lowest BCUT2D eigenvalue weighted by molar-refractivity contribution is -0.141. The summed E-state index contributed by atoms with van der Waals surface area (Å²) in [6.45, 7) is 4.74. The molecule has 2 amide bonds. The minimum Gasteiger partial charge on any atom is -0.494 e. The van der Waals surface area contributed by atoms with Gasteiger partial charge in [-0.1, -0.05) is 65.0 Å². The first-order valence-electron chi connectivity index (χ1n) is 12.0. The first kappa shape index (κ1) is 25.3. The maximum absolute atomic E-state index is 13.2. The predicted octanol–water partition coefficient (Wildman–Crippen LogP) is 5.78. The Morgan fingerprint density at radius 2 is 1.73 bits per heavy atom. The predicted molar refractivity (Wildman–Crippen MR) is 135 cm³/mol. The van der Waals surface area contributed by atoms with E-state index in [1.165, 1.54) is 12.0 Å². The molecule has 3 rings (SSSR count). The maximum Gasteiger partial charge on any atom is 0.242 e. The van der Waals surface area contributed by atoms with Gasteiger partial charge in [0, 0.05) is 23.5 Å². The number of nitrogens with zero attached hydrogens (tertiary/aromatic N) is 1. The van der Waals surface area contributed by atoms with Crippen molar-refractivity contribution in [3.8, 4) is 5.75 Å². The molecular formula is C27H35BrN2O3. The Morgan fingerprint density at radius 1 is 1.06 bits per heavy atom. The van der Waals surface area contributed by atoms with E-state index in [1.807, 2.05) is 62.4 Å². The molecule has 0 bridgehead atoms. The molecule has 0 aromatic heterocycles. The summed E-state index contributed by atoms with van der Waals surface area (Å²) >= 11 is 3.45. The third kappa shape index (κ3) is 8.18. The van der Waals surface area contributed by atoms with Crippen molar-refractivity contribution in [2.45, 2.75) is 77.4 Å². The summed E-state index contributed by atoms with van der Waals surface area (Å²) in [6, 6.07) is 15.5. The second kappa shape index (κ2) is 12.8. The Balaban J connectivity index is 1.59. The molecule has 0 saturated heterocycles. The minimum atomic E-state index is -0.527. The number of carbonyl (C=O) groups excluding carboxylic acids is 2. The Hall–Kier alpha value is -2.34. The highest BCUT2D eigenvalue weighted by molar-refractivity contribution is 9.10. The molecule has 2 aromatic carbocycles. The van der Waals surface area contributed by atoms with Crippen LogP contribution >= 0.6 is 15.9 Å². The van der Waals surface area contributed by atoms with Gasteiger partial charge < -0.3 is 15.0 Å². The van der Waals surface area contributed by atoms with Crippen molar-refractivity contribution in [1.29, 1.82) is 0 Å². The SMILES string of the molecule is Cc1ccc(OCCCC(=O)N(Cc2ccc(Br)cc2)[C@H](C)C(=O)NC2CCCCC2)cc1. The highest BCUT2D eigenvalue weighted by Crippen LogP contribution is 2.19. The fraction of sp³-hybridized carbons (Fsp3) is 0.481. The number of rotatable bonds is 10. The lowest BCUT2D eigenvalue weighted by Crippen LogP contribution is -2.50. The zero-order valence-corrected chi connectivity index (χ0v) is 21.3. The average molecular weight is 515 g/mol. The summed E-state index contributed by atoms with van der Waals surface area (Å²) in [7, 11) is 0. The molecule has 0 aliphatic heterocycles. The molecule has 178 valence electrons. The molecule has 1 fully saturated rings. The van der Waals surface area contributed by atoms with Gasteiger partial charge in [-0.3, -0.25) is 9.59 Å². The molecule has 0 radical (unpaired) electrons. The Bertz CT molecular complexity index is 893. The van der Waals surface area contributed by atoms with Crippen LogP contribution in [0.1, 0.15) is 63.0 Å². The van der Waals surface area contributed by atoms with Crippen LogP contribution in [0.15, 0.2) is 53.0 Å². The smallest absolute Gasteiger partial charge is 0.242 e. The van der Waals surface area contributed by atoms with Crippen molar-refractivity contribution in [3.05, 3.63) is 64.1 Å². The van der Waals surface area contributed by atoms with Gasteiger partial charge in [0.2, 0.25) is 11.8 Å². The highest BCUT2D eigenvalue weighted by Gasteiger charge is 2.27. The van der Waals surface area contributed by atoms with Gasteiger partial charge in [0.15, 0.2) is 0 Å². The molecule has 0 spiro atoms. The Kier molecular flexibility index (Phi) is 9.79. The topological polar surface area (TPSA) is 58.6 Å². The van der Waals surface area contributed by atoms with E-state index < -0.39 is 6.04 Å². The van der Waals surface area contributed by atoms with E-state index in [2.05, 4.69) is 21.2 Å². The zero-order valence-electron chi connectivity index (χ0n) is 19.7. The molecule has 0 unspecified atom stereocenters. The second-order valence-corrected chi connectivity index (χ2v) is 9.85. The third-order valence-corrected chi connectivity index (χ3v) is 6.74. The number of hydrogen-bond acceptors (Lipinski definition) is 3. The van der Waals surface area contributed by atoms with Crippen LogP contribution in [-0.2, 0) is 16.1 Å². The van der Waals surface area contributed by atoms with E-state index in [4.69, 9.17) is 4.74 Å². The number of nitrogens with one attached hydrogen (secondary N) is 1. The lowest BCUT2D eigenvalue weighted by atomic mass is 9.95. The van der Waals surface area contributed by atoms with Crippen LogP contribution in [0, 0.1) is 6.92 Å². The zero-order chi connectivity index (χ0) is 23.6. The number of hydrogen-bond donors (Lipinski definition) is 1. The van der Waals surface area contributed by atoms with E-state index in [1.54, 1.807) is 4.90 Å². The summed E-state index contributed by atoms with van der Waals surface area (Å²) in [5.41, 5.74) is 2.18. The van der Waals surface area contributed by atoms with Crippen LogP contribution in [-0.4, -0.2) is 35.4 Å². The monoisotopic (exact) mass is 514 g/mol. The fourth-order valence-electron chi connectivity index (χ4n) is 4.13. The molecule has 0 heterocycles. The Labute approximate surface area is 206 Å². The largest absolute Gasteiger partial charge is 0.494 e. The molecule has 2 aromatic rings. The molecule has 33 heavy (non-hydrogen) atoms. The first-order chi connectivity index (χ1) is 15.9. The van der Waals surface area contributed by atoms with E-state index in [0.717, 1.165) is 41.5 Å². The quantitative estimate of drug-likeness (QED) is 0.408. The van der Waals surface area contributed by atoms with Gasteiger partial charge in [-0.25, -0.2) is 0 Å². The van der Waals surface area contributed by atoms with Gasteiger partial charge in [-0.2, -0.15) is 0 Å². The number of aryl methyl sites for hydroxylation is 1. The minimum absolute atomic E-state index is 0.0308. The van der Waals surface area contributed by atoms with Crippen LogP contribution in [0.3, 0.4) is 0 Å². The number of halogens is 1. The van der Waals surface area contributed by atoms with Gasteiger partial charge in [0.05, 0.1) is 6.61 Å². The van der Waals surface area contributed by atoms with E-state index in [-0.39, 0.29) is 17.9 Å². The summed E-state index contributed by atoms with van der Waals surface area (Å²) in [4.78, 5) is 27.9. The van der Waals surface area contributed by atoms with Gasteiger partial charge in [-0.15, -0.1) is 0 Å². The number of ether oxygens (including phenoxy) is 1. The third-order valence-electron chi connectivity index (χ3n) is 6.21. The van der Waals surface area contributed by atoms with Crippen molar-refractivity contribution in [3.63, 3.8) is 0 Å². The summed E-state index contributed by atoms with van der Waals surface area (Å²) in [5, 5.41) is 3.18. The molecule has 6 heteroatoms. The van der Waals surface area contributed by atoms with Crippen molar-refractivity contribution in [2.24, 2.45) is 0 Å². The molecule has 1 aliphatic rings. The summed E-state index contributed by atoms with van der Waals surface area (Å²) in [6.07, 6.45) is 6.53. The van der Waals surface area contributed by atoms with Crippen molar-refractivity contribution in [2.75, 3.05) is 6.61 Å². The fourth-order valence-corrected chi connectivity index (χ4v) is 4.39. The molecule has 1 aliphatic carbocycles. The van der Waals surface area contributed by atoms with Crippen molar-refractivity contribution in [1.82, 2.24) is 10.2 Å². The second-order valence-electron chi connectivity index (χ2n) is 8.93. The van der Waals surface area contributed by atoms with Gasteiger partial charge >= 0.3 is 0 Å². The average Bonchev–Trinajstić information content (AvgIpc) is 2.82. The van der Waals surface area contributed by atoms with Crippen LogP contribution in [0.2, 0.25) is 0 Å². The van der Waals surface area contributed by atoms with Crippen LogP contribution in [0.5, 0.6) is 5.75 Å². The summed E-state index contributed by atoms with van der Waals surface area (Å²) < 4.78 is 6.76. The van der Waals surface area contributed by atoms with Gasteiger partial charge in [0.25, 0.3) is 0 Å². The number of amides is 2. The van der Waals surface area contributed by atoms with Crippen LogP contribution in [0.4, 0.5) is 0 Å². The number of carbonyl (C=O) groups is 2. The molecule has 1 N–H and O–H groups in total. The van der Waals surface area contributed by atoms with Gasteiger partial charge in [-0.05, 0) is 62.9 Å². The molecular weight excluding hydrogens is 480 g/mol. The van der Waals surface area contributed by atoms with Crippen LogP contribution < -0.4 is 10.1 Å². The first-order valence-corrected chi connectivity index (χ1v) is 12.8. The lowest BCUT2D eigenvalue weighted by Gasteiger charge is -2.31. The molecule has 1 atom stereocenters. The maximum atomic E-state index is 13.2. The molecule has 5 nitrogen and oxygen atoms in total. The van der Waals surface area contributed by atoms with Crippen molar-refractivity contribution < 1.29 is 14.3 Å². The van der Waals surface area contributed by atoms with E-state index in [9.17, 15) is 9.59 Å². The van der Waals surface area contributed by atoms with Gasteiger partial charge in [0.1, 0.15) is 11.8 Å². The Morgan fingerprint density at radius 3 is 2.39 bits per heavy atom. The highest BCUT2D eigenvalue weighted by atomic mass is 79.9. The normalized spacial score (nSPS) is 15.0. The van der Waals surface area contributed by atoms with Crippen molar-refractivity contribution >= 4 is 27.7 Å². The standard InChI is InChI=1S/C27H35BrN2O3/c1-20-10-16-25(17-11-20)33-18-6-9-26(31)30(19-22-12-14-23(28)15-13-22)21(2)27(32)29-24-7-4-3-5-8-24/h10-17,21,24H,3-9,18-19H2,1-2H3,(H,29,32)/t21-/m1/s1. The van der Waals surface area contributed by atoms with Crippen LogP contribution in [0.25, 0.3) is 0 Å². The van der Waals surface area contributed by atoms with E-state index >= 15 is 0 Å². The summed E-state index contributed by atoms with van der Waals surface area (Å²) in [5.74, 6) is 0.708. The number of benzene rings is 2. The molecule has 1 saturated carbocycles.